The van der Waals surface area contributed by atoms with Crippen LogP contribution in [0.2, 0.25) is 0 Å². The number of morpholine rings is 1. The third kappa shape index (κ3) is 3.29. The maximum absolute atomic E-state index is 11.1. The molecule has 0 spiro atoms. The van der Waals surface area contributed by atoms with Gasteiger partial charge in [0, 0.05) is 25.2 Å². The molecule has 0 aromatic heterocycles. The molecule has 2 rings (SSSR count). The Kier molecular flexibility index (Phi) is 4.30. The predicted octanol–water partition coefficient (Wildman–Crippen LogP) is 0.431. The number of nitrogens with zero attached hydrogens (tertiary/aromatic N) is 1. The fourth-order valence-electron chi connectivity index (χ4n) is 1.97. The van der Waals surface area contributed by atoms with Crippen LogP contribution in [0.15, 0.2) is 18.2 Å². The number of amides is 1. The first-order valence-electron chi connectivity index (χ1n) is 6.12. The standard InChI is InChI=1S/C13H19N3O2/c1-10-8-11(13(14)17)2-3-12(10)9-15-16-4-6-18-7-5-16/h2-3,8,15H,4-7,9H2,1H3,(H2,14,17). The minimum atomic E-state index is -0.384. The number of aryl methyl sites for hydroxylation is 1. The number of hydrogen-bond donors (Lipinski definition) is 2. The molecule has 0 radical (unpaired) electrons. The highest BCUT2D eigenvalue weighted by atomic mass is 16.5. The number of hydrogen-bond acceptors (Lipinski definition) is 4. The molecule has 0 saturated carbocycles. The van der Waals surface area contributed by atoms with Gasteiger partial charge in [-0.05, 0) is 30.2 Å². The van der Waals surface area contributed by atoms with Gasteiger partial charge >= 0.3 is 0 Å². The zero-order valence-corrected chi connectivity index (χ0v) is 10.6. The Bertz CT molecular complexity index is 428. The summed E-state index contributed by atoms with van der Waals surface area (Å²) in [5, 5.41) is 2.16. The largest absolute Gasteiger partial charge is 0.379 e. The molecule has 5 heteroatoms. The quantitative estimate of drug-likeness (QED) is 0.812. The third-order valence-electron chi connectivity index (χ3n) is 3.13. The van der Waals surface area contributed by atoms with Crippen LogP contribution in [0.5, 0.6) is 0 Å². The molecule has 18 heavy (non-hydrogen) atoms. The monoisotopic (exact) mass is 249 g/mol. The van der Waals surface area contributed by atoms with Gasteiger partial charge in [-0.25, -0.2) is 5.01 Å². The van der Waals surface area contributed by atoms with Crippen molar-refractivity contribution in [3.05, 3.63) is 34.9 Å². The van der Waals surface area contributed by atoms with E-state index < -0.39 is 0 Å². The summed E-state index contributed by atoms with van der Waals surface area (Å²) >= 11 is 0. The molecule has 1 aromatic rings. The van der Waals surface area contributed by atoms with Gasteiger partial charge < -0.3 is 10.5 Å². The number of ether oxygens (including phenoxy) is 1. The van der Waals surface area contributed by atoms with E-state index in [0.29, 0.717) is 5.56 Å². The second-order valence-electron chi connectivity index (χ2n) is 4.44. The van der Waals surface area contributed by atoms with Crippen molar-refractivity contribution in [2.24, 2.45) is 5.73 Å². The van der Waals surface area contributed by atoms with Crippen LogP contribution in [0.1, 0.15) is 21.5 Å². The number of benzene rings is 1. The highest BCUT2D eigenvalue weighted by molar-refractivity contribution is 5.93. The lowest BCUT2D eigenvalue weighted by atomic mass is 10.0. The van der Waals surface area contributed by atoms with Gasteiger partial charge in [-0.2, -0.15) is 0 Å². The molecule has 1 aliphatic heterocycles. The lowest BCUT2D eigenvalue weighted by molar-refractivity contribution is 0.0105. The first-order chi connectivity index (χ1) is 8.66. The van der Waals surface area contributed by atoms with Crippen molar-refractivity contribution in [1.29, 1.82) is 0 Å². The van der Waals surface area contributed by atoms with Gasteiger partial charge in [-0.15, -0.1) is 0 Å². The molecule has 98 valence electrons. The average molecular weight is 249 g/mol. The van der Waals surface area contributed by atoms with Crippen LogP contribution in [0, 0.1) is 6.92 Å². The number of hydrazine groups is 1. The van der Waals surface area contributed by atoms with Crippen molar-refractivity contribution in [2.45, 2.75) is 13.5 Å². The highest BCUT2D eigenvalue weighted by Gasteiger charge is 2.10. The minimum absolute atomic E-state index is 0.384. The lowest BCUT2D eigenvalue weighted by Crippen LogP contribution is -2.45. The summed E-state index contributed by atoms with van der Waals surface area (Å²) in [5.41, 5.74) is 11.4. The molecule has 3 N–H and O–H groups in total. The number of nitrogens with two attached hydrogens (primary N) is 1. The van der Waals surface area contributed by atoms with Gasteiger partial charge in [0.15, 0.2) is 0 Å². The van der Waals surface area contributed by atoms with E-state index in [-0.39, 0.29) is 5.91 Å². The van der Waals surface area contributed by atoms with Crippen molar-refractivity contribution in [3.63, 3.8) is 0 Å². The Morgan fingerprint density at radius 2 is 2.17 bits per heavy atom. The lowest BCUT2D eigenvalue weighted by Gasteiger charge is -2.27. The van der Waals surface area contributed by atoms with E-state index >= 15 is 0 Å². The minimum Gasteiger partial charge on any atom is -0.379 e. The first kappa shape index (κ1) is 13.0. The van der Waals surface area contributed by atoms with Crippen molar-refractivity contribution >= 4 is 5.91 Å². The second-order valence-corrected chi connectivity index (χ2v) is 4.44. The third-order valence-corrected chi connectivity index (χ3v) is 3.13. The van der Waals surface area contributed by atoms with Gasteiger partial charge in [0.1, 0.15) is 0 Å². The van der Waals surface area contributed by atoms with E-state index in [2.05, 4.69) is 10.4 Å². The molecule has 1 aromatic carbocycles. The summed E-state index contributed by atoms with van der Waals surface area (Å²) < 4.78 is 5.28. The highest BCUT2D eigenvalue weighted by Crippen LogP contribution is 2.11. The first-order valence-corrected chi connectivity index (χ1v) is 6.12. The Morgan fingerprint density at radius 1 is 1.44 bits per heavy atom. The fourth-order valence-corrected chi connectivity index (χ4v) is 1.97. The Morgan fingerprint density at radius 3 is 2.78 bits per heavy atom. The molecule has 1 heterocycles. The molecule has 0 unspecified atom stereocenters. The topological polar surface area (TPSA) is 67.6 Å². The van der Waals surface area contributed by atoms with Crippen LogP contribution in [-0.2, 0) is 11.3 Å². The van der Waals surface area contributed by atoms with Crippen LogP contribution in [-0.4, -0.2) is 37.2 Å². The number of carbonyl (C=O) groups is 1. The van der Waals surface area contributed by atoms with Crippen LogP contribution in [0.3, 0.4) is 0 Å². The number of primary amides is 1. The second kappa shape index (κ2) is 5.95. The summed E-state index contributed by atoms with van der Waals surface area (Å²) in [5.74, 6) is -0.384. The summed E-state index contributed by atoms with van der Waals surface area (Å²) in [4.78, 5) is 11.1. The van der Waals surface area contributed by atoms with Gasteiger partial charge in [0.2, 0.25) is 5.91 Å². The van der Waals surface area contributed by atoms with Crippen LogP contribution in [0.4, 0.5) is 0 Å². The average Bonchev–Trinajstić information content (AvgIpc) is 2.38. The predicted molar refractivity (Wildman–Crippen MR) is 68.9 cm³/mol. The molecular formula is C13H19N3O2. The molecule has 5 nitrogen and oxygen atoms in total. The maximum atomic E-state index is 11.1. The number of rotatable bonds is 4. The fraction of sp³-hybridized carbons (Fsp3) is 0.462. The van der Waals surface area contributed by atoms with Crippen molar-refractivity contribution in [1.82, 2.24) is 10.4 Å². The molecule has 1 amide bonds. The van der Waals surface area contributed by atoms with Gasteiger partial charge in [0.25, 0.3) is 0 Å². The molecule has 0 bridgehead atoms. The molecule has 0 aliphatic carbocycles. The van der Waals surface area contributed by atoms with Crippen LogP contribution >= 0.6 is 0 Å². The van der Waals surface area contributed by atoms with Crippen LogP contribution in [0.25, 0.3) is 0 Å². The van der Waals surface area contributed by atoms with E-state index in [9.17, 15) is 4.79 Å². The summed E-state index contributed by atoms with van der Waals surface area (Å²) in [6.45, 7) is 6.09. The Hall–Kier alpha value is -1.43. The summed E-state index contributed by atoms with van der Waals surface area (Å²) in [6, 6.07) is 5.55. The van der Waals surface area contributed by atoms with Gasteiger partial charge in [-0.1, -0.05) is 6.07 Å². The number of nitrogens with one attached hydrogen (secondary N) is 1. The molecule has 1 aliphatic rings. The smallest absolute Gasteiger partial charge is 0.248 e. The Balaban J connectivity index is 1.94. The summed E-state index contributed by atoms with van der Waals surface area (Å²) in [7, 11) is 0. The van der Waals surface area contributed by atoms with Crippen LogP contribution < -0.4 is 11.2 Å². The van der Waals surface area contributed by atoms with Crippen molar-refractivity contribution in [2.75, 3.05) is 26.3 Å². The van der Waals surface area contributed by atoms with Gasteiger partial charge in [-0.3, -0.25) is 10.2 Å². The van der Waals surface area contributed by atoms with E-state index in [1.54, 1.807) is 6.07 Å². The summed E-state index contributed by atoms with van der Waals surface area (Å²) in [6.07, 6.45) is 0. The van der Waals surface area contributed by atoms with E-state index in [1.807, 2.05) is 19.1 Å². The van der Waals surface area contributed by atoms with Crippen molar-refractivity contribution < 1.29 is 9.53 Å². The van der Waals surface area contributed by atoms with E-state index in [1.165, 1.54) is 5.56 Å². The molecule has 1 fully saturated rings. The maximum Gasteiger partial charge on any atom is 0.248 e. The van der Waals surface area contributed by atoms with E-state index in [0.717, 1.165) is 38.4 Å². The normalized spacial score (nSPS) is 16.7. The zero-order valence-electron chi connectivity index (χ0n) is 10.6. The molecule has 1 saturated heterocycles. The number of carbonyl (C=O) groups excluding carboxylic acids is 1. The Labute approximate surface area is 107 Å². The SMILES string of the molecule is Cc1cc(C(N)=O)ccc1CNN1CCOCC1. The molecular weight excluding hydrogens is 230 g/mol. The van der Waals surface area contributed by atoms with Gasteiger partial charge in [0.05, 0.1) is 13.2 Å². The van der Waals surface area contributed by atoms with E-state index in [4.69, 9.17) is 10.5 Å². The van der Waals surface area contributed by atoms with Crippen molar-refractivity contribution in [3.8, 4) is 0 Å². The molecule has 0 atom stereocenters. The zero-order chi connectivity index (χ0) is 13.0.